The summed E-state index contributed by atoms with van der Waals surface area (Å²) in [5.41, 5.74) is 4.65. The molecular weight excluding hydrogens is 336 g/mol. The van der Waals surface area contributed by atoms with Crippen molar-refractivity contribution in [1.29, 1.82) is 0 Å². The lowest BCUT2D eigenvalue weighted by atomic mass is 9.90. The van der Waals surface area contributed by atoms with E-state index in [0.29, 0.717) is 0 Å². The summed E-state index contributed by atoms with van der Waals surface area (Å²) in [4.78, 5) is 23.1. The maximum absolute atomic E-state index is 4.78. The number of nitrogens with zero attached hydrogens (tertiary/aromatic N) is 4. The molecule has 1 aromatic carbocycles. The zero-order chi connectivity index (χ0) is 18.1. The van der Waals surface area contributed by atoms with E-state index in [-0.39, 0.29) is 6.04 Å². The number of aromatic nitrogens is 5. The maximum Gasteiger partial charge on any atom is 0.121 e. The number of nitrogens with one attached hydrogen (secondary N) is 2. The summed E-state index contributed by atoms with van der Waals surface area (Å²) in [7, 11) is 0. The SMILES string of the molecule is c1cnc2c(c1)CCCC2N(Cc1ncc[nH]1)Cc1nc2ccccc2[nH]1. The molecule has 136 valence electrons. The number of rotatable bonds is 5. The van der Waals surface area contributed by atoms with Crippen LogP contribution in [0.1, 0.15) is 41.8 Å². The molecule has 0 amide bonds. The number of imidazole rings is 2. The van der Waals surface area contributed by atoms with Gasteiger partial charge in [0.05, 0.1) is 35.9 Å². The van der Waals surface area contributed by atoms with E-state index in [4.69, 9.17) is 9.97 Å². The van der Waals surface area contributed by atoms with Crippen molar-refractivity contribution in [3.8, 4) is 0 Å². The van der Waals surface area contributed by atoms with Gasteiger partial charge in [-0.05, 0) is 43.0 Å². The zero-order valence-corrected chi connectivity index (χ0v) is 15.1. The first-order chi connectivity index (χ1) is 13.4. The first-order valence-electron chi connectivity index (χ1n) is 9.46. The molecule has 3 aromatic heterocycles. The predicted octanol–water partition coefficient (Wildman–Crippen LogP) is 3.76. The summed E-state index contributed by atoms with van der Waals surface area (Å²) in [6.45, 7) is 1.47. The van der Waals surface area contributed by atoms with E-state index >= 15 is 0 Å². The molecule has 0 aliphatic heterocycles. The van der Waals surface area contributed by atoms with Crippen LogP contribution < -0.4 is 0 Å². The summed E-state index contributed by atoms with van der Waals surface area (Å²) in [5.74, 6) is 1.94. The maximum atomic E-state index is 4.78. The summed E-state index contributed by atoms with van der Waals surface area (Å²) in [6, 6.07) is 12.7. The van der Waals surface area contributed by atoms with Crippen molar-refractivity contribution in [3.05, 3.63) is 77.9 Å². The number of aromatic amines is 2. The number of hydrogen-bond acceptors (Lipinski definition) is 4. The smallest absolute Gasteiger partial charge is 0.121 e. The van der Waals surface area contributed by atoms with Gasteiger partial charge in [-0.15, -0.1) is 0 Å². The second-order valence-electron chi connectivity index (χ2n) is 7.10. The van der Waals surface area contributed by atoms with Gasteiger partial charge in [0.15, 0.2) is 0 Å². The van der Waals surface area contributed by atoms with Crippen molar-refractivity contribution >= 4 is 11.0 Å². The molecule has 5 rings (SSSR count). The molecular formula is C21H22N6. The highest BCUT2D eigenvalue weighted by Gasteiger charge is 2.28. The molecule has 4 aromatic rings. The van der Waals surface area contributed by atoms with Crippen LogP contribution in [0.15, 0.2) is 55.0 Å². The Kier molecular flexibility index (Phi) is 4.18. The minimum absolute atomic E-state index is 0.272. The molecule has 0 radical (unpaired) electrons. The van der Waals surface area contributed by atoms with Crippen molar-refractivity contribution in [1.82, 2.24) is 29.8 Å². The molecule has 27 heavy (non-hydrogen) atoms. The van der Waals surface area contributed by atoms with Gasteiger partial charge in [-0.1, -0.05) is 18.2 Å². The molecule has 6 heteroatoms. The van der Waals surface area contributed by atoms with Crippen LogP contribution >= 0.6 is 0 Å². The lowest BCUT2D eigenvalue weighted by Gasteiger charge is -2.34. The number of para-hydroxylation sites is 2. The van der Waals surface area contributed by atoms with E-state index in [1.165, 1.54) is 17.7 Å². The Bertz CT molecular complexity index is 1000. The molecule has 1 aliphatic rings. The fourth-order valence-corrected chi connectivity index (χ4v) is 4.07. The summed E-state index contributed by atoms with van der Waals surface area (Å²) >= 11 is 0. The molecule has 1 unspecified atom stereocenters. The Balaban J connectivity index is 1.49. The van der Waals surface area contributed by atoms with Gasteiger partial charge in [-0.3, -0.25) is 9.88 Å². The third-order valence-electron chi connectivity index (χ3n) is 5.31. The number of aryl methyl sites for hydroxylation is 1. The van der Waals surface area contributed by atoms with Crippen molar-refractivity contribution in [2.75, 3.05) is 0 Å². The van der Waals surface area contributed by atoms with Crippen molar-refractivity contribution < 1.29 is 0 Å². The summed E-state index contributed by atoms with van der Waals surface area (Å²) in [5, 5.41) is 0. The van der Waals surface area contributed by atoms with E-state index < -0.39 is 0 Å². The molecule has 1 atom stereocenters. The van der Waals surface area contributed by atoms with Crippen molar-refractivity contribution in [2.24, 2.45) is 0 Å². The number of H-pyrrole nitrogens is 2. The average Bonchev–Trinajstić information content (AvgIpc) is 3.36. The molecule has 1 aliphatic carbocycles. The predicted molar refractivity (Wildman–Crippen MR) is 104 cm³/mol. The van der Waals surface area contributed by atoms with Gasteiger partial charge in [0.25, 0.3) is 0 Å². The number of fused-ring (bicyclic) bond motifs is 2. The quantitative estimate of drug-likeness (QED) is 0.570. The van der Waals surface area contributed by atoms with Crippen molar-refractivity contribution in [3.63, 3.8) is 0 Å². The van der Waals surface area contributed by atoms with Crippen LogP contribution in [0.5, 0.6) is 0 Å². The minimum Gasteiger partial charge on any atom is -0.348 e. The second-order valence-corrected chi connectivity index (χ2v) is 7.10. The van der Waals surface area contributed by atoms with E-state index in [2.05, 4.69) is 32.0 Å². The third kappa shape index (κ3) is 3.24. The Morgan fingerprint density at radius 3 is 2.81 bits per heavy atom. The zero-order valence-electron chi connectivity index (χ0n) is 15.1. The lowest BCUT2D eigenvalue weighted by Crippen LogP contribution is -2.32. The van der Waals surface area contributed by atoms with Gasteiger partial charge in [0.1, 0.15) is 11.6 Å². The Morgan fingerprint density at radius 2 is 1.93 bits per heavy atom. The average molecular weight is 358 g/mol. The van der Waals surface area contributed by atoms with E-state index in [1.807, 2.05) is 42.9 Å². The second kappa shape index (κ2) is 6.96. The van der Waals surface area contributed by atoms with Gasteiger partial charge in [0, 0.05) is 18.6 Å². The highest BCUT2D eigenvalue weighted by molar-refractivity contribution is 5.74. The summed E-state index contributed by atoms with van der Waals surface area (Å²) in [6.07, 6.45) is 8.98. The third-order valence-corrected chi connectivity index (χ3v) is 5.31. The van der Waals surface area contributed by atoms with Crippen LogP contribution in [0.2, 0.25) is 0 Å². The van der Waals surface area contributed by atoms with Crippen LogP contribution in [-0.2, 0) is 19.5 Å². The number of hydrogen-bond donors (Lipinski definition) is 2. The van der Waals surface area contributed by atoms with E-state index in [0.717, 1.165) is 48.6 Å². The van der Waals surface area contributed by atoms with Gasteiger partial charge in [-0.25, -0.2) is 9.97 Å². The standard InChI is InChI=1S/C21H22N6/c1-2-8-17-16(7-1)25-20(26-17)14-27(13-19-22-11-12-23-19)18-9-3-5-15-6-4-10-24-21(15)18/h1-2,4,6-8,10-12,18H,3,5,9,13-14H2,(H,22,23)(H,25,26). The molecule has 0 saturated heterocycles. The molecule has 0 fully saturated rings. The Morgan fingerprint density at radius 1 is 1.00 bits per heavy atom. The Labute approximate surface area is 157 Å². The molecule has 0 spiro atoms. The van der Waals surface area contributed by atoms with E-state index in [1.54, 1.807) is 0 Å². The fraction of sp³-hybridized carbons (Fsp3) is 0.286. The monoisotopic (exact) mass is 358 g/mol. The van der Waals surface area contributed by atoms with Crippen LogP contribution in [0.4, 0.5) is 0 Å². The number of benzene rings is 1. The van der Waals surface area contributed by atoms with Gasteiger partial charge in [0.2, 0.25) is 0 Å². The van der Waals surface area contributed by atoms with Gasteiger partial charge >= 0.3 is 0 Å². The molecule has 2 N–H and O–H groups in total. The molecule has 0 saturated carbocycles. The fourth-order valence-electron chi connectivity index (χ4n) is 4.07. The largest absolute Gasteiger partial charge is 0.348 e. The normalized spacial score (nSPS) is 16.7. The van der Waals surface area contributed by atoms with Gasteiger partial charge in [-0.2, -0.15) is 0 Å². The minimum atomic E-state index is 0.272. The van der Waals surface area contributed by atoms with Crippen molar-refractivity contribution in [2.45, 2.75) is 38.4 Å². The lowest BCUT2D eigenvalue weighted by molar-refractivity contribution is 0.150. The number of pyridine rings is 1. The van der Waals surface area contributed by atoms with Crippen LogP contribution in [0.25, 0.3) is 11.0 Å². The highest BCUT2D eigenvalue weighted by Crippen LogP contribution is 2.34. The van der Waals surface area contributed by atoms with Crippen LogP contribution in [0, 0.1) is 0 Å². The summed E-state index contributed by atoms with van der Waals surface area (Å²) < 4.78 is 0. The first kappa shape index (κ1) is 16.2. The molecule has 0 bridgehead atoms. The van der Waals surface area contributed by atoms with Crippen LogP contribution in [-0.4, -0.2) is 29.8 Å². The molecule has 3 heterocycles. The topological polar surface area (TPSA) is 73.5 Å². The first-order valence-corrected chi connectivity index (χ1v) is 9.46. The van der Waals surface area contributed by atoms with Crippen LogP contribution in [0.3, 0.4) is 0 Å². The highest BCUT2D eigenvalue weighted by atomic mass is 15.2. The molecule has 6 nitrogen and oxygen atoms in total. The Hall–Kier alpha value is -2.99. The van der Waals surface area contributed by atoms with Gasteiger partial charge < -0.3 is 9.97 Å². The van der Waals surface area contributed by atoms with E-state index in [9.17, 15) is 0 Å².